The largest absolute Gasteiger partial charge is 0.497 e. The Morgan fingerprint density at radius 3 is 2.27 bits per heavy atom. The highest BCUT2D eigenvalue weighted by Gasteiger charge is 2.33. The molecular formula is C33H44N6O9S. The molecule has 0 saturated carbocycles. The van der Waals surface area contributed by atoms with Gasteiger partial charge in [-0.2, -0.15) is 11.8 Å². The molecule has 6 N–H and O–H groups in total. The molecule has 0 aromatic heterocycles. The quantitative estimate of drug-likeness (QED) is 0.0793. The van der Waals surface area contributed by atoms with Gasteiger partial charge in [0.15, 0.2) is 5.82 Å². The van der Waals surface area contributed by atoms with Crippen molar-refractivity contribution in [3.05, 3.63) is 75.7 Å². The minimum Gasteiger partial charge on any atom is -0.497 e. The van der Waals surface area contributed by atoms with Gasteiger partial charge in [0.25, 0.3) is 6.20 Å². The Balaban J connectivity index is 1.65. The average Bonchev–Trinajstić information content (AvgIpc) is 3.00. The molecule has 1 aliphatic heterocycles. The highest BCUT2D eigenvalue weighted by atomic mass is 32.2. The van der Waals surface area contributed by atoms with Gasteiger partial charge in [-0.05, 0) is 78.6 Å². The third-order valence-corrected chi connectivity index (χ3v) is 8.61. The van der Waals surface area contributed by atoms with Crippen LogP contribution in [-0.4, -0.2) is 88.1 Å². The normalized spacial score (nSPS) is 16.0. The topological polar surface area (TPSA) is 212 Å². The van der Waals surface area contributed by atoms with Gasteiger partial charge in [-0.15, -0.1) is 0 Å². The van der Waals surface area contributed by atoms with Crippen LogP contribution in [0, 0.1) is 15.5 Å². The first-order chi connectivity index (χ1) is 23.1. The van der Waals surface area contributed by atoms with Crippen molar-refractivity contribution in [3.63, 3.8) is 0 Å². The molecule has 3 unspecified atom stereocenters. The first-order valence-corrected chi connectivity index (χ1v) is 16.7. The fourth-order valence-corrected chi connectivity index (χ4v) is 6.20. The molecule has 0 aliphatic carbocycles. The zero-order valence-corrected chi connectivity index (χ0v) is 29.0. The second-order valence-corrected chi connectivity index (χ2v) is 14.0. The van der Waals surface area contributed by atoms with E-state index in [2.05, 4.69) is 21.3 Å². The monoisotopic (exact) mass is 700 g/mol. The molecule has 0 bridgehead atoms. The number of nitrogens with one attached hydrogen (secondary N) is 4. The van der Waals surface area contributed by atoms with Crippen molar-refractivity contribution in [3.8, 4) is 5.75 Å². The van der Waals surface area contributed by atoms with E-state index in [9.17, 15) is 39.5 Å². The lowest BCUT2D eigenvalue weighted by atomic mass is 9.91. The fraction of sp³-hybridized carbons (Fsp3) is 0.455. The number of ether oxygens (including phenoxy) is 1. The van der Waals surface area contributed by atoms with Gasteiger partial charge in [-0.1, -0.05) is 26.8 Å². The molecular weight excluding hydrogens is 656 g/mol. The molecule has 3 atom stereocenters. The highest BCUT2D eigenvalue weighted by Crippen LogP contribution is 2.32. The molecule has 1 heterocycles. The molecule has 0 saturated heterocycles. The zero-order chi connectivity index (χ0) is 36.3. The van der Waals surface area contributed by atoms with Gasteiger partial charge in [0, 0.05) is 30.1 Å². The SMILES string of the molecule is COc1ccc(NC(=C[N+](=O)[O-])Nc2ccc3c(c2)CCN(C)C3C(=O)NC(CCSCC(NC(=O)CC(C)(C)C)C(=O)O)C(=O)O)cc1. The summed E-state index contributed by atoms with van der Waals surface area (Å²) in [6.07, 6.45) is 1.59. The second-order valence-electron chi connectivity index (χ2n) is 12.8. The van der Waals surface area contributed by atoms with Crippen LogP contribution in [-0.2, 0) is 25.6 Å². The van der Waals surface area contributed by atoms with E-state index >= 15 is 0 Å². The Morgan fingerprint density at radius 1 is 1.04 bits per heavy atom. The van der Waals surface area contributed by atoms with Crippen molar-refractivity contribution in [2.75, 3.05) is 42.8 Å². The maximum Gasteiger partial charge on any atom is 0.327 e. The number of hydrogen-bond acceptors (Lipinski definition) is 11. The number of nitrogens with zero attached hydrogens (tertiary/aromatic N) is 2. The van der Waals surface area contributed by atoms with Gasteiger partial charge in [0.05, 0.1) is 12.0 Å². The first-order valence-electron chi connectivity index (χ1n) is 15.6. The summed E-state index contributed by atoms with van der Waals surface area (Å²) in [4.78, 5) is 62.1. The summed E-state index contributed by atoms with van der Waals surface area (Å²) >= 11 is 1.17. The van der Waals surface area contributed by atoms with Crippen LogP contribution < -0.4 is 26.0 Å². The zero-order valence-electron chi connectivity index (χ0n) is 28.1. The molecule has 49 heavy (non-hydrogen) atoms. The molecule has 266 valence electrons. The van der Waals surface area contributed by atoms with Crippen LogP contribution >= 0.6 is 11.8 Å². The van der Waals surface area contributed by atoms with E-state index in [1.165, 1.54) is 18.9 Å². The number of thioether (sulfide) groups is 1. The molecule has 0 fully saturated rings. The molecule has 0 radical (unpaired) electrons. The third-order valence-electron chi connectivity index (χ3n) is 7.52. The van der Waals surface area contributed by atoms with E-state index < -0.39 is 40.9 Å². The Bertz CT molecular complexity index is 1540. The number of amides is 2. The Labute approximate surface area is 289 Å². The van der Waals surface area contributed by atoms with Crippen molar-refractivity contribution in [1.29, 1.82) is 0 Å². The predicted molar refractivity (Wildman–Crippen MR) is 186 cm³/mol. The molecule has 1 aliphatic rings. The smallest absolute Gasteiger partial charge is 0.327 e. The average molecular weight is 701 g/mol. The molecule has 2 amide bonds. The van der Waals surface area contributed by atoms with Crippen molar-refractivity contribution < 1.29 is 39.1 Å². The summed E-state index contributed by atoms with van der Waals surface area (Å²) in [7, 11) is 3.30. The maximum absolute atomic E-state index is 13.5. The van der Waals surface area contributed by atoms with E-state index in [0.29, 0.717) is 35.7 Å². The molecule has 2 aromatic carbocycles. The lowest BCUT2D eigenvalue weighted by molar-refractivity contribution is -0.403. The number of carbonyl (C=O) groups excluding carboxylic acids is 2. The van der Waals surface area contributed by atoms with Crippen molar-refractivity contribution >= 4 is 46.9 Å². The molecule has 3 rings (SSSR count). The highest BCUT2D eigenvalue weighted by molar-refractivity contribution is 7.99. The number of carbonyl (C=O) groups is 4. The number of carboxylic acids is 2. The van der Waals surface area contributed by atoms with Gasteiger partial charge >= 0.3 is 11.9 Å². The minimum atomic E-state index is -1.23. The predicted octanol–water partition coefficient (Wildman–Crippen LogP) is 3.52. The van der Waals surface area contributed by atoms with Gasteiger partial charge in [0.1, 0.15) is 23.9 Å². The third kappa shape index (κ3) is 12.3. The number of likely N-dealkylation sites (N-methyl/N-ethyl adjacent to an activating group) is 1. The summed E-state index contributed by atoms with van der Waals surface area (Å²) in [6.45, 7) is 6.11. The van der Waals surface area contributed by atoms with Crippen LogP contribution in [0.1, 0.15) is 50.8 Å². The van der Waals surface area contributed by atoms with Crippen LogP contribution in [0.4, 0.5) is 11.4 Å². The van der Waals surface area contributed by atoms with E-state index in [1.54, 1.807) is 49.5 Å². The maximum atomic E-state index is 13.5. The second kappa shape index (κ2) is 17.5. The molecule has 2 aromatic rings. The number of anilines is 2. The minimum absolute atomic E-state index is 0.0346. The molecule has 0 spiro atoms. The number of hydrogen-bond donors (Lipinski definition) is 6. The summed E-state index contributed by atoms with van der Waals surface area (Å²) in [5, 5.41) is 41.9. The van der Waals surface area contributed by atoms with Gasteiger partial charge in [0.2, 0.25) is 11.8 Å². The first kappa shape index (κ1) is 38.6. The number of benzene rings is 2. The standard InChI is InChI=1S/C33H44N6O9S/c1-33(2,3)17-28(40)36-26(32(44)45)19-49-15-13-25(31(42)43)37-30(41)29-24-11-8-22(16-20(24)12-14-38(29)4)35-27(18-39(46)47)34-21-6-9-23(48-5)10-7-21/h6-11,16,18,25-26,29,34-35H,12-15,17,19H2,1-5H3,(H,36,40)(H,37,41)(H,42,43)(H,44,45). The number of aliphatic carboxylic acids is 2. The van der Waals surface area contributed by atoms with Gasteiger partial charge in [-0.3, -0.25) is 24.6 Å². The van der Waals surface area contributed by atoms with Crippen LogP contribution in [0.5, 0.6) is 5.75 Å². The van der Waals surface area contributed by atoms with E-state index in [0.717, 1.165) is 11.8 Å². The Hall–Kier alpha value is -4.83. The molecule has 15 nitrogen and oxygen atoms in total. The van der Waals surface area contributed by atoms with Gasteiger partial charge in [-0.25, -0.2) is 9.59 Å². The van der Waals surface area contributed by atoms with E-state index in [4.69, 9.17) is 4.74 Å². The number of methoxy groups -OCH3 is 1. The molecule has 16 heteroatoms. The summed E-state index contributed by atoms with van der Waals surface area (Å²) in [5.74, 6) is -2.29. The van der Waals surface area contributed by atoms with Crippen LogP contribution in [0.2, 0.25) is 0 Å². The Morgan fingerprint density at radius 2 is 1.67 bits per heavy atom. The van der Waals surface area contributed by atoms with Crippen molar-refractivity contribution in [2.24, 2.45) is 5.41 Å². The summed E-state index contributed by atoms with van der Waals surface area (Å²) in [6, 6.07) is 8.94. The van der Waals surface area contributed by atoms with Crippen molar-refractivity contribution in [1.82, 2.24) is 15.5 Å². The lowest BCUT2D eigenvalue weighted by Crippen LogP contribution is -2.48. The number of rotatable bonds is 17. The number of carboxylic acid groups (broad SMARTS) is 2. The Kier molecular flexibility index (Phi) is 13.8. The summed E-state index contributed by atoms with van der Waals surface area (Å²) in [5.41, 5.74) is 2.33. The lowest BCUT2D eigenvalue weighted by Gasteiger charge is -2.34. The van der Waals surface area contributed by atoms with E-state index in [1.807, 2.05) is 25.7 Å². The number of nitro groups is 1. The van der Waals surface area contributed by atoms with Gasteiger partial charge < -0.3 is 36.2 Å². The number of fused-ring (bicyclic) bond motifs is 1. The van der Waals surface area contributed by atoms with E-state index in [-0.39, 0.29) is 41.5 Å². The van der Waals surface area contributed by atoms with Crippen molar-refractivity contribution in [2.45, 2.75) is 58.2 Å². The van der Waals surface area contributed by atoms with Crippen LogP contribution in [0.25, 0.3) is 0 Å². The van der Waals surface area contributed by atoms with Crippen LogP contribution in [0.15, 0.2) is 54.5 Å². The van der Waals surface area contributed by atoms with Crippen LogP contribution in [0.3, 0.4) is 0 Å². The fourth-order valence-electron chi connectivity index (χ4n) is 5.17. The summed E-state index contributed by atoms with van der Waals surface area (Å²) < 4.78 is 5.15.